The van der Waals surface area contributed by atoms with E-state index in [9.17, 15) is 0 Å². The summed E-state index contributed by atoms with van der Waals surface area (Å²) in [4.78, 5) is 0. The van der Waals surface area contributed by atoms with Crippen LogP contribution in [-0.4, -0.2) is 0 Å². The summed E-state index contributed by atoms with van der Waals surface area (Å²) in [6, 6.07) is 0. The molecule has 8 rings (SSSR count). The maximum atomic E-state index is 2.72. The molecule has 8 fully saturated rings. The number of rotatable bonds is 4. The molecule has 0 amide bonds. The third-order valence-electron chi connectivity index (χ3n) is 15.0. The van der Waals surface area contributed by atoms with E-state index in [1.54, 1.807) is 103 Å². The Kier molecular flexibility index (Phi) is 4.26. The van der Waals surface area contributed by atoms with E-state index in [1.807, 2.05) is 0 Å². The van der Waals surface area contributed by atoms with Gasteiger partial charge in [0.05, 0.1) is 0 Å². The Bertz CT molecular complexity index is 705. The molecule has 0 heterocycles. The minimum absolute atomic E-state index is 0.872. The van der Waals surface area contributed by atoms with Gasteiger partial charge in [-0.1, -0.05) is 0 Å². The van der Waals surface area contributed by atoms with Gasteiger partial charge >= 0.3 is 208 Å². The second kappa shape index (κ2) is 6.50. The topological polar surface area (TPSA) is 0 Å². The van der Waals surface area contributed by atoms with Gasteiger partial charge in [0.2, 0.25) is 0 Å². The van der Waals surface area contributed by atoms with Gasteiger partial charge in [0.15, 0.2) is 0 Å². The third kappa shape index (κ3) is 2.23. The Balaban J connectivity index is 1.44. The summed E-state index contributed by atoms with van der Waals surface area (Å²) < 4.78 is 3.49. The van der Waals surface area contributed by atoms with Crippen LogP contribution in [0.25, 0.3) is 0 Å². The second-order valence-electron chi connectivity index (χ2n) is 16.1. The van der Waals surface area contributed by atoms with Gasteiger partial charge in [-0.25, -0.2) is 0 Å². The Morgan fingerprint density at radius 1 is 0.394 bits per heavy atom. The van der Waals surface area contributed by atoms with Crippen molar-refractivity contribution in [3.63, 3.8) is 0 Å². The van der Waals surface area contributed by atoms with E-state index < -0.39 is 13.1 Å². The van der Waals surface area contributed by atoms with E-state index in [4.69, 9.17) is 0 Å². The number of fused-ring (bicyclic) bond motifs is 8. The van der Waals surface area contributed by atoms with Crippen molar-refractivity contribution in [2.45, 2.75) is 148 Å². The molecule has 0 aromatic carbocycles. The molecule has 8 saturated carbocycles. The van der Waals surface area contributed by atoms with Crippen LogP contribution < -0.4 is 0 Å². The van der Waals surface area contributed by atoms with E-state index in [1.165, 1.54) is 0 Å². The first kappa shape index (κ1) is 21.6. The first-order chi connectivity index (χ1) is 15.8. The van der Waals surface area contributed by atoms with E-state index >= 15 is 0 Å². The molecule has 0 aromatic rings. The zero-order valence-corrected chi connectivity index (χ0v) is 23.6. The molecule has 0 nitrogen and oxygen atoms in total. The van der Waals surface area contributed by atoms with Crippen LogP contribution in [0.2, 0.25) is 17.1 Å². The molecular weight excluding hydrogens is 436 g/mol. The van der Waals surface area contributed by atoms with Crippen LogP contribution in [-0.2, 0) is 13.1 Å². The van der Waals surface area contributed by atoms with Gasteiger partial charge in [-0.05, 0) is 0 Å². The van der Waals surface area contributed by atoms with Gasteiger partial charge in [0.1, 0.15) is 0 Å². The van der Waals surface area contributed by atoms with Crippen molar-refractivity contribution in [2.24, 2.45) is 47.3 Å². The van der Waals surface area contributed by atoms with Crippen LogP contribution in [0.1, 0.15) is 130 Å². The summed E-state index contributed by atoms with van der Waals surface area (Å²) >= 11 is -1.96. The molecule has 8 aliphatic rings. The molecule has 0 spiro atoms. The van der Waals surface area contributed by atoms with Gasteiger partial charge in [-0.2, -0.15) is 0 Å². The average molecular weight is 489 g/mol. The van der Waals surface area contributed by atoms with Crippen LogP contribution in [0, 0.1) is 47.3 Å². The summed E-state index contributed by atoms with van der Waals surface area (Å²) in [5.41, 5.74) is 0. The molecule has 0 N–H and O–H groups in total. The first-order valence-corrected chi connectivity index (χ1v) is 18.2. The zero-order valence-electron chi connectivity index (χ0n) is 22.3. The van der Waals surface area contributed by atoms with E-state index in [0.29, 0.717) is 0 Å². The van der Waals surface area contributed by atoms with Crippen LogP contribution >= 0.6 is 0 Å². The number of hydrogen-bond acceptors (Lipinski definition) is 0. The van der Waals surface area contributed by atoms with Crippen molar-refractivity contribution < 1.29 is 13.1 Å². The van der Waals surface area contributed by atoms with Crippen molar-refractivity contribution in [3.8, 4) is 0 Å². The second-order valence-corrected chi connectivity index (χ2v) is 23.4. The van der Waals surface area contributed by atoms with Crippen LogP contribution in [0.4, 0.5) is 0 Å². The summed E-state index contributed by atoms with van der Waals surface area (Å²) in [6.45, 7) is 10.9. The van der Waals surface area contributed by atoms with Crippen molar-refractivity contribution >= 4 is 0 Å². The van der Waals surface area contributed by atoms with E-state index in [2.05, 4.69) is 27.7 Å². The third-order valence-corrected chi connectivity index (χ3v) is 26.5. The average Bonchev–Trinajstić information content (AvgIpc) is 3.60. The van der Waals surface area contributed by atoms with Crippen molar-refractivity contribution in [1.29, 1.82) is 0 Å². The predicted molar refractivity (Wildman–Crippen MR) is 135 cm³/mol. The normalized spacial score (nSPS) is 65.3. The molecule has 0 aromatic heterocycles. The van der Waals surface area contributed by atoms with Gasteiger partial charge < -0.3 is 0 Å². The summed E-state index contributed by atoms with van der Waals surface area (Å²) in [5, 5.41) is 0. The maximum absolute atomic E-state index is 2.72. The molecule has 186 valence electrons. The minimum atomic E-state index is -1.96. The summed E-state index contributed by atoms with van der Waals surface area (Å²) in [6.07, 6.45) is 27.2. The van der Waals surface area contributed by atoms with Gasteiger partial charge in [0.25, 0.3) is 0 Å². The standard InChI is InChI=1S/4C8H13.Cr/c4*1-6-4-7-2-3-8(6)5-7;/h4*6,8H,2-5H2,1H3;. The van der Waals surface area contributed by atoms with Crippen molar-refractivity contribution in [1.82, 2.24) is 0 Å². The molecule has 0 aliphatic heterocycles. The number of hydrogen-bond donors (Lipinski definition) is 0. The SMILES string of the molecule is CC1C[C]2([Cr]([C]34CCC(C3)C(C)C4)([C]34CCC(C3)C(C)C4)[C]34CCC(C3)C(C)C4)CCC1C2. The molecule has 8 aliphatic carbocycles. The van der Waals surface area contributed by atoms with E-state index in [-0.39, 0.29) is 0 Å². The molecule has 1 heteroatoms. The fourth-order valence-electron chi connectivity index (χ4n) is 14.6. The van der Waals surface area contributed by atoms with Crippen LogP contribution in [0.15, 0.2) is 0 Å². The predicted octanol–water partition coefficient (Wildman–Crippen LogP) is 10.1. The molecule has 0 radical (unpaired) electrons. The Morgan fingerprint density at radius 2 is 0.636 bits per heavy atom. The Labute approximate surface area is 207 Å². The van der Waals surface area contributed by atoms with Crippen molar-refractivity contribution in [3.05, 3.63) is 0 Å². The zero-order chi connectivity index (χ0) is 22.4. The fourth-order valence-corrected chi connectivity index (χ4v) is 31.9. The van der Waals surface area contributed by atoms with Crippen molar-refractivity contribution in [2.75, 3.05) is 0 Å². The van der Waals surface area contributed by atoms with Gasteiger partial charge in [-0.3, -0.25) is 0 Å². The molecule has 12 atom stereocenters. The van der Waals surface area contributed by atoms with Crippen LogP contribution in [0.3, 0.4) is 0 Å². The first-order valence-electron chi connectivity index (χ1n) is 15.6. The fraction of sp³-hybridized carbons (Fsp3) is 1.00. The molecule has 33 heavy (non-hydrogen) atoms. The quantitative estimate of drug-likeness (QED) is 0.369. The van der Waals surface area contributed by atoms with Gasteiger partial charge in [0, 0.05) is 0 Å². The van der Waals surface area contributed by atoms with Crippen LogP contribution in [0.5, 0.6) is 0 Å². The molecule has 0 saturated heterocycles. The Morgan fingerprint density at radius 3 is 0.788 bits per heavy atom. The molecular formula is C32H52Cr. The molecule has 12 unspecified atom stereocenters. The van der Waals surface area contributed by atoms with Gasteiger partial charge in [-0.15, -0.1) is 0 Å². The monoisotopic (exact) mass is 488 g/mol. The van der Waals surface area contributed by atoms with E-state index in [0.717, 1.165) is 64.5 Å². The Hall–Kier alpha value is 0.532. The summed E-state index contributed by atoms with van der Waals surface area (Å²) in [5.74, 6) is 8.71. The summed E-state index contributed by atoms with van der Waals surface area (Å²) in [7, 11) is 0. The molecule has 8 bridgehead atoms.